The normalized spacial score (nSPS) is 13.4. The first-order valence-corrected chi connectivity index (χ1v) is 10.2. The zero-order valence-corrected chi connectivity index (χ0v) is 17.9. The molecule has 1 unspecified atom stereocenters. The molecule has 0 aliphatic heterocycles. The molecule has 0 saturated heterocycles. The summed E-state index contributed by atoms with van der Waals surface area (Å²) in [6.07, 6.45) is 4.79. The number of rotatable bonds is 4. The number of aromatic nitrogens is 6. The van der Waals surface area contributed by atoms with Gasteiger partial charge in [-0.25, -0.2) is 24.3 Å². The Balaban J connectivity index is 1.69. The van der Waals surface area contributed by atoms with Gasteiger partial charge < -0.3 is 10.3 Å². The monoisotopic (exact) mass is 511 g/mol. The van der Waals surface area contributed by atoms with E-state index in [1.807, 2.05) is 31.2 Å². The van der Waals surface area contributed by atoms with Crippen LogP contribution in [0.5, 0.6) is 0 Å². The minimum Gasteiger partial charge on any atom is -0.349 e. The Bertz CT molecular complexity index is 1370. The Kier molecular flexibility index (Phi) is 4.54. The summed E-state index contributed by atoms with van der Waals surface area (Å²) in [7, 11) is 0. The molecule has 9 heteroatoms. The Labute approximate surface area is 184 Å². The number of hydrogen-bond acceptors (Lipinski definition) is 6. The summed E-state index contributed by atoms with van der Waals surface area (Å²) in [5, 5.41) is 4.15. The molecule has 1 aromatic carbocycles. The maximum atomic E-state index is 13.8. The zero-order chi connectivity index (χ0) is 20.7. The quantitative estimate of drug-likeness (QED) is 0.204. The van der Waals surface area contributed by atoms with Crippen LogP contribution in [0.1, 0.15) is 12.6 Å². The molecule has 4 heterocycles. The van der Waals surface area contributed by atoms with Gasteiger partial charge in [0.15, 0.2) is 11.5 Å². The van der Waals surface area contributed by atoms with E-state index < -0.39 is 3.55 Å². The third kappa shape index (κ3) is 3.34. The predicted octanol–water partition coefficient (Wildman–Crippen LogP) is 4.82. The van der Waals surface area contributed by atoms with E-state index >= 15 is 0 Å². The van der Waals surface area contributed by atoms with Gasteiger partial charge in [0.2, 0.25) is 0 Å². The SMILES string of the molecule is CC(I)(Nc1ncnc2[nH]cnc12)c1nc2ccc(F)cc2cc1-c1ccccn1. The lowest BCUT2D eigenvalue weighted by atomic mass is 10.0. The van der Waals surface area contributed by atoms with E-state index in [2.05, 4.69) is 52.8 Å². The van der Waals surface area contributed by atoms with Crippen LogP contribution in [0.3, 0.4) is 0 Å². The van der Waals surface area contributed by atoms with E-state index in [4.69, 9.17) is 4.98 Å². The van der Waals surface area contributed by atoms with Crippen molar-refractivity contribution in [3.05, 3.63) is 72.8 Å². The van der Waals surface area contributed by atoms with Crippen molar-refractivity contribution < 1.29 is 4.39 Å². The second-order valence-electron chi connectivity index (χ2n) is 6.89. The standard InChI is InChI=1S/C21H15FIN7/c1-21(23,30-20-17-19(26-10-25-17)27-11-28-20)18-14(16-4-2-3-7-24-16)9-12-8-13(22)5-6-15(12)29-18/h2-11H,1H3,(H2,25,26,27,28,30). The Morgan fingerprint density at radius 1 is 1.07 bits per heavy atom. The van der Waals surface area contributed by atoms with Crippen LogP contribution in [0.25, 0.3) is 33.3 Å². The van der Waals surface area contributed by atoms with Gasteiger partial charge in [0.05, 0.1) is 23.2 Å². The van der Waals surface area contributed by atoms with Crippen molar-refractivity contribution in [1.82, 2.24) is 29.9 Å². The molecule has 0 radical (unpaired) electrons. The van der Waals surface area contributed by atoms with Crippen molar-refractivity contribution in [2.75, 3.05) is 5.32 Å². The minimum absolute atomic E-state index is 0.304. The van der Waals surface area contributed by atoms with Crippen molar-refractivity contribution in [2.24, 2.45) is 0 Å². The second-order valence-corrected chi connectivity index (χ2v) is 9.04. The van der Waals surface area contributed by atoms with Crippen LogP contribution in [0.15, 0.2) is 61.3 Å². The molecule has 0 spiro atoms. The maximum Gasteiger partial charge on any atom is 0.162 e. The van der Waals surface area contributed by atoms with Gasteiger partial charge in [-0.15, -0.1) is 0 Å². The first-order valence-electron chi connectivity index (χ1n) is 9.15. The number of imidazole rings is 1. The van der Waals surface area contributed by atoms with Crippen LogP contribution >= 0.6 is 22.6 Å². The van der Waals surface area contributed by atoms with Crippen LogP contribution in [0.4, 0.5) is 10.2 Å². The highest BCUT2D eigenvalue weighted by atomic mass is 127. The Morgan fingerprint density at radius 3 is 2.80 bits per heavy atom. The number of benzene rings is 1. The van der Waals surface area contributed by atoms with Crippen molar-refractivity contribution in [2.45, 2.75) is 10.5 Å². The van der Waals surface area contributed by atoms with Gasteiger partial charge in [-0.1, -0.05) is 6.07 Å². The van der Waals surface area contributed by atoms with E-state index in [1.54, 1.807) is 18.6 Å². The van der Waals surface area contributed by atoms with Crippen molar-refractivity contribution >= 4 is 50.5 Å². The molecule has 1 atom stereocenters. The number of halogens is 2. The lowest BCUT2D eigenvalue weighted by Crippen LogP contribution is -2.27. The summed E-state index contributed by atoms with van der Waals surface area (Å²) in [5.41, 5.74) is 4.30. The Morgan fingerprint density at radius 2 is 1.97 bits per heavy atom. The van der Waals surface area contributed by atoms with Crippen LogP contribution in [-0.4, -0.2) is 29.9 Å². The second kappa shape index (κ2) is 7.24. The van der Waals surface area contributed by atoms with E-state index in [1.165, 1.54) is 18.5 Å². The van der Waals surface area contributed by atoms with Gasteiger partial charge in [0, 0.05) is 17.1 Å². The number of H-pyrrole nitrogens is 1. The largest absolute Gasteiger partial charge is 0.349 e. The van der Waals surface area contributed by atoms with Gasteiger partial charge in [0.1, 0.15) is 21.2 Å². The third-order valence-electron chi connectivity index (χ3n) is 4.73. The molecule has 0 bridgehead atoms. The third-order valence-corrected chi connectivity index (χ3v) is 5.51. The summed E-state index contributed by atoms with van der Waals surface area (Å²) in [6.45, 7) is 2.00. The number of nitrogens with one attached hydrogen (secondary N) is 2. The van der Waals surface area contributed by atoms with Crippen LogP contribution in [-0.2, 0) is 3.55 Å². The summed E-state index contributed by atoms with van der Waals surface area (Å²) in [5.74, 6) is 0.285. The highest BCUT2D eigenvalue weighted by Crippen LogP contribution is 2.39. The number of nitrogens with zero attached hydrogens (tertiary/aromatic N) is 5. The molecule has 5 aromatic rings. The molecular formula is C21H15FIN7. The molecule has 5 rings (SSSR count). The molecule has 0 amide bonds. The molecule has 7 nitrogen and oxygen atoms in total. The van der Waals surface area contributed by atoms with E-state index in [0.29, 0.717) is 27.9 Å². The van der Waals surface area contributed by atoms with Gasteiger partial charge in [-0.3, -0.25) is 4.98 Å². The fourth-order valence-electron chi connectivity index (χ4n) is 3.36. The van der Waals surface area contributed by atoms with Crippen molar-refractivity contribution in [1.29, 1.82) is 0 Å². The number of pyridine rings is 2. The number of aromatic amines is 1. The predicted molar refractivity (Wildman–Crippen MR) is 122 cm³/mol. The van der Waals surface area contributed by atoms with Crippen molar-refractivity contribution in [3.8, 4) is 11.3 Å². The number of hydrogen-bond donors (Lipinski definition) is 2. The Hall–Kier alpha value is -3.21. The smallest absolute Gasteiger partial charge is 0.162 e. The fraction of sp³-hybridized carbons (Fsp3) is 0.0952. The molecule has 4 aromatic heterocycles. The van der Waals surface area contributed by atoms with E-state index in [9.17, 15) is 4.39 Å². The maximum absolute atomic E-state index is 13.8. The highest BCUT2D eigenvalue weighted by molar-refractivity contribution is 14.1. The fourth-order valence-corrected chi connectivity index (χ4v) is 4.03. The van der Waals surface area contributed by atoms with Gasteiger partial charge >= 0.3 is 0 Å². The molecule has 0 saturated carbocycles. The van der Waals surface area contributed by atoms with Crippen LogP contribution in [0.2, 0.25) is 0 Å². The van der Waals surface area contributed by atoms with E-state index in [0.717, 1.165) is 17.0 Å². The molecule has 0 aliphatic rings. The van der Waals surface area contributed by atoms with E-state index in [-0.39, 0.29) is 5.82 Å². The molecular weight excluding hydrogens is 496 g/mol. The molecule has 148 valence electrons. The van der Waals surface area contributed by atoms with Gasteiger partial charge in [0.25, 0.3) is 0 Å². The zero-order valence-electron chi connectivity index (χ0n) is 15.8. The molecule has 2 N–H and O–H groups in total. The summed E-state index contributed by atoms with van der Waals surface area (Å²) in [6, 6.07) is 12.2. The average Bonchev–Trinajstić information content (AvgIpc) is 3.23. The number of alkyl halides is 1. The molecule has 30 heavy (non-hydrogen) atoms. The van der Waals surface area contributed by atoms with Gasteiger partial charge in [-0.2, -0.15) is 0 Å². The lowest BCUT2D eigenvalue weighted by molar-refractivity contribution is 0.629. The first kappa shape index (κ1) is 18.8. The summed E-state index contributed by atoms with van der Waals surface area (Å²) < 4.78 is 13.2. The topological polar surface area (TPSA) is 92.3 Å². The van der Waals surface area contributed by atoms with Crippen LogP contribution < -0.4 is 5.32 Å². The highest BCUT2D eigenvalue weighted by Gasteiger charge is 2.30. The average molecular weight is 511 g/mol. The number of fused-ring (bicyclic) bond motifs is 2. The first-order chi connectivity index (χ1) is 14.5. The number of anilines is 1. The molecule has 0 aliphatic carbocycles. The minimum atomic E-state index is -0.673. The molecule has 0 fully saturated rings. The van der Waals surface area contributed by atoms with Crippen molar-refractivity contribution in [3.63, 3.8) is 0 Å². The van der Waals surface area contributed by atoms with Gasteiger partial charge in [-0.05, 0) is 65.9 Å². The lowest BCUT2D eigenvalue weighted by Gasteiger charge is -2.27. The summed E-state index contributed by atoms with van der Waals surface area (Å²) >= 11 is 2.29. The van der Waals surface area contributed by atoms with Crippen LogP contribution in [0, 0.1) is 5.82 Å². The summed E-state index contributed by atoms with van der Waals surface area (Å²) in [4.78, 5) is 25.2.